The van der Waals surface area contributed by atoms with E-state index in [-0.39, 0.29) is 0 Å². The molecule has 0 saturated carbocycles. The molecule has 0 spiro atoms. The molecule has 4 aromatic rings. The summed E-state index contributed by atoms with van der Waals surface area (Å²) < 4.78 is 0. The molecular formula is C39H52. The quantitative estimate of drug-likeness (QED) is 0.175. The second-order valence-corrected chi connectivity index (χ2v) is 10.3. The standard InChI is InChI=1S/C35H40.2C2H6/c1-9-11-13-23(4)27(8)33-21-29-15-17-30-31(35(29)19-25(33)6)16-14-28-20-32(24(5)18-34(28)30)26(7)22(3)12-10-2;2*1-2/h10,12,14-21H,9,11,13H2,1-8H3;2*1-2H3/b12-10+,26-22-,27-23-;;. The van der Waals surface area contributed by atoms with Gasteiger partial charge in [0.15, 0.2) is 0 Å². The molecule has 4 rings (SSSR count). The summed E-state index contributed by atoms with van der Waals surface area (Å²) in [7, 11) is 0. The Labute approximate surface area is 239 Å². The molecule has 0 radical (unpaired) electrons. The van der Waals surface area contributed by atoms with Crippen molar-refractivity contribution in [3.05, 3.63) is 94.1 Å². The first-order chi connectivity index (χ1) is 18.8. The van der Waals surface area contributed by atoms with Crippen LogP contribution in [0.15, 0.2) is 71.8 Å². The van der Waals surface area contributed by atoms with Gasteiger partial charge < -0.3 is 0 Å². The van der Waals surface area contributed by atoms with Gasteiger partial charge in [-0.05, 0) is 145 Å². The number of allylic oxidation sites excluding steroid dienone is 6. The molecule has 0 nitrogen and oxygen atoms in total. The number of rotatable bonds is 6. The Morgan fingerprint density at radius 2 is 1.10 bits per heavy atom. The van der Waals surface area contributed by atoms with Gasteiger partial charge in [-0.15, -0.1) is 0 Å². The average molecular weight is 521 g/mol. The van der Waals surface area contributed by atoms with Crippen molar-refractivity contribution in [1.29, 1.82) is 0 Å². The van der Waals surface area contributed by atoms with Crippen molar-refractivity contribution in [1.82, 2.24) is 0 Å². The maximum atomic E-state index is 2.41. The Morgan fingerprint density at radius 1 is 0.641 bits per heavy atom. The number of unbranched alkanes of at least 4 members (excludes halogenated alkanes) is 1. The first-order valence-electron chi connectivity index (χ1n) is 15.1. The van der Waals surface area contributed by atoms with Crippen molar-refractivity contribution >= 4 is 43.5 Å². The van der Waals surface area contributed by atoms with Crippen LogP contribution in [0.25, 0.3) is 43.5 Å². The number of aryl methyl sites for hydroxylation is 2. The van der Waals surface area contributed by atoms with Gasteiger partial charge in [-0.1, -0.05) is 95.2 Å². The van der Waals surface area contributed by atoms with Crippen LogP contribution in [0.3, 0.4) is 0 Å². The lowest BCUT2D eigenvalue weighted by Gasteiger charge is -2.16. The lowest BCUT2D eigenvalue weighted by Crippen LogP contribution is -1.92. The molecule has 0 fully saturated rings. The second kappa shape index (κ2) is 14.9. The second-order valence-electron chi connectivity index (χ2n) is 10.3. The van der Waals surface area contributed by atoms with Crippen LogP contribution in [0, 0.1) is 13.8 Å². The average Bonchev–Trinajstić information content (AvgIpc) is 2.96. The van der Waals surface area contributed by atoms with Gasteiger partial charge >= 0.3 is 0 Å². The number of benzene rings is 4. The lowest BCUT2D eigenvalue weighted by atomic mass is 9.89. The Morgan fingerprint density at radius 3 is 1.54 bits per heavy atom. The summed E-state index contributed by atoms with van der Waals surface area (Å²) >= 11 is 0. The fraction of sp³-hybridized carbons (Fsp3) is 0.385. The fourth-order valence-corrected chi connectivity index (χ4v) is 5.44. The molecule has 0 saturated heterocycles. The topological polar surface area (TPSA) is 0 Å². The smallest absolute Gasteiger partial charge is 0.00989 e. The summed E-state index contributed by atoms with van der Waals surface area (Å²) in [6.45, 7) is 25.9. The highest BCUT2D eigenvalue weighted by atomic mass is 14.2. The van der Waals surface area contributed by atoms with E-state index in [1.54, 1.807) is 0 Å². The molecule has 4 aromatic carbocycles. The molecule has 39 heavy (non-hydrogen) atoms. The summed E-state index contributed by atoms with van der Waals surface area (Å²) in [6, 6.07) is 18.9. The van der Waals surface area contributed by atoms with Crippen molar-refractivity contribution in [2.75, 3.05) is 0 Å². The molecule has 0 unspecified atom stereocenters. The monoisotopic (exact) mass is 520 g/mol. The Kier molecular flexibility index (Phi) is 12.2. The molecule has 0 bridgehead atoms. The molecule has 0 heteroatoms. The van der Waals surface area contributed by atoms with Gasteiger partial charge in [-0.3, -0.25) is 0 Å². The summed E-state index contributed by atoms with van der Waals surface area (Å²) in [5, 5.41) is 8.02. The minimum absolute atomic E-state index is 1.19. The van der Waals surface area contributed by atoms with E-state index in [4.69, 9.17) is 0 Å². The predicted octanol–water partition coefficient (Wildman–Crippen LogP) is 13.2. The van der Waals surface area contributed by atoms with Crippen LogP contribution in [0.5, 0.6) is 0 Å². The molecule has 0 N–H and O–H groups in total. The Bertz CT molecular complexity index is 1520. The molecule has 0 aromatic heterocycles. The molecule has 0 amide bonds. The van der Waals surface area contributed by atoms with Crippen molar-refractivity contribution < 1.29 is 0 Å². The van der Waals surface area contributed by atoms with Crippen molar-refractivity contribution in [3.8, 4) is 0 Å². The third-order valence-electron chi connectivity index (χ3n) is 7.88. The van der Waals surface area contributed by atoms with E-state index in [9.17, 15) is 0 Å². The molecule has 0 aliphatic rings. The van der Waals surface area contributed by atoms with Crippen molar-refractivity contribution in [3.63, 3.8) is 0 Å². The van der Waals surface area contributed by atoms with Gasteiger partial charge in [-0.2, -0.15) is 0 Å². The van der Waals surface area contributed by atoms with E-state index in [2.05, 4.69) is 116 Å². The highest BCUT2D eigenvalue weighted by Gasteiger charge is 2.12. The summed E-state index contributed by atoms with van der Waals surface area (Å²) in [4.78, 5) is 0. The SMILES string of the molecule is C/C=C/C(C)=C(/C)c1cc2ccc3c4cc(C)c(/C(C)=C(/C)CCCC)cc4ccc3c2cc1C.CC.CC. The normalized spacial score (nSPS) is 12.6. The van der Waals surface area contributed by atoms with E-state index in [1.807, 2.05) is 27.7 Å². The molecule has 0 heterocycles. The van der Waals surface area contributed by atoms with Crippen LogP contribution in [0.1, 0.15) is 111 Å². The number of fused-ring (bicyclic) bond motifs is 5. The molecule has 208 valence electrons. The zero-order valence-electron chi connectivity index (χ0n) is 26.9. The molecule has 0 atom stereocenters. The minimum atomic E-state index is 1.19. The van der Waals surface area contributed by atoms with E-state index in [1.165, 1.54) is 96.1 Å². The molecular weight excluding hydrogens is 468 g/mol. The van der Waals surface area contributed by atoms with Crippen molar-refractivity contribution in [2.24, 2.45) is 0 Å². The third-order valence-corrected chi connectivity index (χ3v) is 7.88. The van der Waals surface area contributed by atoms with Crippen molar-refractivity contribution in [2.45, 2.75) is 102 Å². The first kappa shape index (κ1) is 32.1. The maximum absolute atomic E-state index is 2.41. The Hall–Kier alpha value is -3.12. The lowest BCUT2D eigenvalue weighted by molar-refractivity contribution is 0.788. The van der Waals surface area contributed by atoms with Crippen LogP contribution in [-0.4, -0.2) is 0 Å². The van der Waals surface area contributed by atoms with E-state index in [0.717, 1.165) is 0 Å². The molecule has 0 aliphatic heterocycles. The fourth-order valence-electron chi connectivity index (χ4n) is 5.44. The molecule has 0 aliphatic carbocycles. The van der Waals surface area contributed by atoms with Crippen LogP contribution >= 0.6 is 0 Å². The van der Waals surface area contributed by atoms with E-state index in [0.29, 0.717) is 0 Å². The van der Waals surface area contributed by atoms with E-state index < -0.39 is 0 Å². The maximum Gasteiger partial charge on any atom is -0.00989 e. The number of hydrogen-bond acceptors (Lipinski definition) is 0. The number of hydrogen-bond donors (Lipinski definition) is 0. The van der Waals surface area contributed by atoms with Crippen LogP contribution < -0.4 is 0 Å². The van der Waals surface area contributed by atoms with Crippen LogP contribution in [-0.2, 0) is 0 Å². The summed E-state index contributed by atoms with van der Waals surface area (Å²) in [5.41, 5.74) is 11.1. The Balaban J connectivity index is 0.00000127. The predicted molar refractivity (Wildman–Crippen MR) is 182 cm³/mol. The van der Waals surface area contributed by atoms with Gasteiger partial charge in [0.05, 0.1) is 0 Å². The van der Waals surface area contributed by atoms with Gasteiger partial charge in [0, 0.05) is 0 Å². The highest BCUT2D eigenvalue weighted by molar-refractivity contribution is 6.18. The van der Waals surface area contributed by atoms with Crippen LogP contribution in [0.2, 0.25) is 0 Å². The first-order valence-corrected chi connectivity index (χ1v) is 15.1. The van der Waals surface area contributed by atoms with E-state index >= 15 is 0 Å². The van der Waals surface area contributed by atoms with Gasteiger partial charge in [0.2, 0.25) is 0 Å². The largest absolute Gasteiger partial charge is 0.0874 e. The minimum Gasteiger partial charge on any atom is -0.0874 e. The van der Waals surface area contributed by atoms with Gasteiger partial charge in [0.1, 0.15) is 0 Å². The van der Waals surface area contributed by atoms with Crippen LogP contribution in [0.4, 0.5) is 0 Å². The zero-order chi connectivity index (χ0) is 29.3. The van der Waals surface area contributed by atoms with Gasteiger partial charge in [0.25, 0.3) is 0 Å². The highest BCUT2D eigenvalue weighted by Crippen LogP contribution is 2.37. The summed E-state index contributed by atoms with van der Waals surface area (Å²) in [5.74, 6) is 0. The third kappa shape index (κ3) is 6.91. The van der Waals surface area contributed by atoms with Gasteiger partial charge in [-0.25, -0.2) is 0 Å². The zero-order valence-corrected chi connectivity index (χ0v) is 26.9. The summed E-state index contributed by atoms with van der Waals surface area (Å²) in [6.07, 6.45) is 8.01.